The van der Waals surface area contributed by atoms with Gasteiger partial charge in [-0.1, -0.05) is 5.16 Å². The Morgan fingerprint density at radius 2 is 2.22 bits per heavy atom. The summed E-state index contributed by atoms with van der Waals surface area (Å²) in [4.78, 5) is 3.79. The van der Waals surface area contributed by atoms with Gasteiger partial charge in [-0.25, -0.2) is 0 Å². The summed E-state index contributed by atoms with van der Waals surface area (Å²) in [7, 11) is 0. The summed E-state index contributed by atoms with van der Waals surface area (Å²) in [5, 5.41) is 5.17. The number of aromatic nitrogens is 3. The maximum absolute atomic E-state index is 12.0. The number of hydrogen-bond acceptors (Lipinski definition) is 6. The van der Waals surface area contributed by atoms with Crippen LogP contribution < -0.4 is 4.74 Å². The summed E-state index contributed by atoms with van der Waals surface area (Å²) >= 11 is 1.22. The third kappa shape index (κ3) is 3.99. The molecule has 0 bridgehead atoms. The molecular formula is C9H8F3N3O2S. The quantitative estimate of drug-likeness (QED) is 0.841. The van der Waals surface area contributed by atoms with Crippen molar-refractivity contribution < 1.29 is 22.4 Å². The third-order valence-electron chi connectivity index (χ3n) is 1.90. The fourth-order valence-corrected chi connectivity index (χ4v) is 1.57. The Kier molecular flexibility index (Phi) is 3.80. The van der Waals surface area contributed by atoms with E-state index in [9.17, 15) is 13.2 Å². The van der Waals surface area contributed by atoms with Gasteiger partial charge in [0.15, 0.2) is 12.4 Å². The molecule has 0 aliphatic heterocycles. The number of nitrogens with zero attached hydrogens (tertiary/aromatic N) is 3. The first-order chi connectivity index (χ1) is 8.53. The molecule has 0 spiro atoms. The molecule has 5 nitrogen and oxygen atoms in total. The van der Waals surface area contributed by atoms with Gasteiger partial charge < -0.3 is 9.26 Å². The molecule has 0 fully saturated rings. The monoisotopic (exact) mass is 279 g/mol. The van der Waals surface area contributed by atoms with E-state index in [2.05, 4.69) is 14.5 Å². The molecule has 18 heavy (non-hydrogen) atoms. The van der Waals surface area contributed by atoms with Crippen molar-refractivity contribution in [2.75, 3.05) is 0 Å². The molecule has 0 saturated heterocycles. The zero-order valence-corrected chi connectivity index (χ0v) is 9.79. The van der Waals surface area contributed by atoms with Crippen LogP contribution in [0.1, 0.15) is 18.1 Å². The van der Waals surface area contributed by atoms with Crippen molar-refractivity contribution in [1.29, 1.82) is 0 Å². The van der Waals surface area contributed by atoms with Crippen molar-refractivity contribution in [3.8, 4) is 5.88 Å². The minimum Gasteiger partial charge on any atom is -0.467 e. The molecule has 0 aromatic carbocycles. The smallest absolute Gasteiger partial charge is 0.389 e. The van der Waals surface area contributed by atoms with Crippen molar-refractivity contribution in [1.82, 2.24) is 14.5 Å². The van der Waals surface area contributed by atoms with E-state index >= 15 is 0 Å². The van der Waals surface area contributed by atoms with E-state index in [0.717, 1.165) is 0 Å². The highest BCUT2D eigenvalue weighted by atomic mass is 32.1. The van der Waals surface area contributed by atoms with Crippen molar-refractivity contribution in [2.45, 2.75) is 25.6 Å². The highest BCUT2D eigenvalue weighted by Crippen LogP contribution is 2.21. The molecule has 0 N–H and O–H groups in total. The molecule has 0 amide bonds. The highest BCUT2D eigenvalue weighted by molar-refractivity contribution is 7.03. The van der Waals surface area contributed by atoms with Gasteiger partial charge >= 0.3 is 6.18 Å². The molecule has 0 aliphatic rings. The average molecular weight is 279 g/mol. The van der Waals surface area contributed by atoms with E-state index in [1.165, 1.54) is 11.5 Å². The van der Waals surface area contributed by atoms with Crippen LogP contribution in [-0.2, 0) is 13.0 Å². The van der Waals surface area contributed by atoms with E-state index in [-0.39, 0.29) is 24.7 Å². The lowest BCUT2D eigenvalue weighted by Crippen LogP contribution is -2.09. The highest BCUT2D eigenvalue weighted by Gasteiger charge is 2.27. The van der Waals surface area contributed by atoms with Gasteiger partial charge in [-0.05, 0) is 11.5 Å². The molecule has 0 aliphatic carbocycles. The number of ether oxygens (including phenoxy) is 1. The van der Waals surface area contributed by atoms with E-state index in [1.54, 1.807) is 11.4 Å². The number of rotatable bonds is 5. The van der Waals surface area contributed by atoms with Crippen molar-refractivity contribution >= 4 is 11.5 Å². The Morgan fingerprint density at radius 1 is 1.39 bits per heavy atom. The molecule has 0 radical (unpaired) electrons. The minimum atomic E-state index is -4.22. The first kappa shape index (κ1) is 12.8. The van der Waals surface area contributed by atoms with Crippen LogP contribution in [0.2, 0.25) is 0 Å². The third-order valence-corrected chi connectivity index (χ3v) is 2.44. The molecule has 2 rings (SSSR count). The van der Waals surface area contributed by atoms with E-state index in [4.69, 9.17) is 9.26 Å². The molecule has 98 valence electrons. The Bertz CT molecular complexity index is 483. The van der Waals surface area contributed by atoms with Crippen LogP contribution in [0, 0.1) is 0 Å². The van der Waals surface area contributed by atoms with E-state index in [1.807, 2.05) is 0 Å². The molecule has 9 heteroatoms. The summed E-state index contributed by atoms with van der Waals surface area (Å²) in [6.45, 7) is -0.0112. The van der Waals surface area contributed by atoms with Crippen LogP contribution in [0.5, 0.6) is 5.88 Å². The molecule has 0 saturated carbocycles. The Balaban J connectivity index is 1.82. The number of alkyl halides is 3. The molecule has 2 aromatic heterocycles. The van der Waals surface area contributed by atoms with E-state index < -0.39 is 12.6 Å². The Morgan fingerprint density at radius 3 is 2.89 bits per heavy atom. The van der Waals surface area contributed by atoms with Gasteiger partial charge in [0.1, 0.15) is 0 Å². The second-order valence-electron chi connectivity index (χ2n) is 3.35. The Labute approximate surface area is 104 Å². The van der Waals surface area contributed by atoms with Crippen molar-refractivity contribution in [3.05, 3.63) is 23.2 Å². The zero-order chi connectivity index (χ0) is 13.0. The predicted molar refractivity (Wildman–Crippen MR) is 55.1 cm³/mol. The SMILES string of the molecule is FC(F)(F)CCc1noc(COc2ccsn2)n1. The summed E-state index contributed by atoms with van der Waals surface area (Å²) < 4.78 is 49.7. The average Bonchev–Trinajstić information content (AvgIpc) is 2.94. The second-order valence-corrected chi connectivity index (χ2v) is 4.01. The lowest BCUT2D eigenvalue weighted by molar-refractivity contribution is -0.134. The van der Waals surface area contributed by atoms with Crippen LogP contribution in [0.15, 0.2) is 16.0 Å². The number of aryl methyl sites for hydroxylation is 1. The van der Waals surface area contributed by atoms with Crippen LogP contribution in [0.3, 0.4) is 0 Å². The maximum Gasteiger partial charge on any atom is 0.389 e. The van der Waals surface area contributed by atoms with Crippen LogP contribution in [-0.4, -0.2) is 20.7 Å². The molecule has 2 heterocycles. The molecule has 0 unspecified atom stereocenters. The Hall–Kier alpha value is -1.64. The van der Waals surface area contributed by atoms with Crippen molar-refractivity contribution in [2.24, 2.45) is 0 Å². The van der Waals surface area contributed by atoms with Crippen LogP contribution in [0.25, 0.3) is 0 Å². The molecule has 2 aromatic rings. The topological polar surface area (TPSA) is 61.0 Å². The van der Waals surface area contributed by atoms with Crippen LogP contribution in [0.4, 0.5) is 13.2 Å². The van der Waals surface area contributed by atoms with Gasteiger partial charge in [-0.3, -0.25) is 0 Å². The first-order valence-corrected chi connectivity index (χ1v) is 5.78. The van der Waals surface area contributed by atoms with Crippen LogP contribution >= 0.6 is 11.5 Å². The summed E-state index contributed by atoms with van der Waals surface area (Å²) in [5.74, 6) is 0.555. The lowest BCUT2D eigenvalue weighted by Gasteiger charge is -2.01. The predicted octanol–water partition coefficient (Wildman–Crippen LogP) is 2.60. The van der Waals surface area contributed by atoms with E-state index in [0.29, 0.717) is 5.88 Å². The number of halogens is 3. The first-order valence-electron chi connectivity index (χ1n) is 4.94. The lowest BCUT2D eigenvalue weighted by atomic mass is 10.3. The molecular weight excluding hydrogens is 271 g/mol. The van der Waals surface area contributed by atoms with Gasteiger partial charge in [-0.15, -0.1) is 0 Å². The van der Waals surface area contributed by atoms with Gasteiger partial charge in [-0.2, -0.15) is 22.5 Å². The van der Waals surface area contributed by atoms with Gasteiger partial charge in [0, 0.05) is 17.9 Å². The summed E-state index contributed by atoms with van der Waals surface area (Å²) in [6, 6.07) is 1.66. The standard InChI is InChI=1S/C9H8F3N3O2S/c10-9(11,12)3-1-6-13-8(17-14-6)5-16-7-2-4-18-15-7/h2,4H,1,3,5H2. The van der Waals surface area contributed by atoms with Crippen molar-refractivity contribution in [3.63, 3.8) is 0 Å². The largest absolute Gasteiger partial charge is 0.467 e. The molecule has 0 atom stereocenters. The number of hydrogen-bond donors (Lipinski definition) is 0. The summed E-state index contributed by atoms with van der Waals surface area (Å²) in [5.41, 5.74) is 0. The van der Waals surface area contributed by atoms with Gasteiger partial charge in [0.25, 0.3) is 5.89 Å². The second kappa shape index (κ2) is 5.34. The normalized spacial score (nSPS) is 11.7. The van der Waals surface area contributed by atoms with Gasteiger partial charge in [0.05, 0.1) is 6.42 Å². The van der Waals surface area contributed by atoms with Gasteiger partial charge in [0.2, 0.25) is 5.88 Å². The fourth-order valence-electron chi connectivity index (χ4n) is 1.12. The minimum absolute atomic E-state index is 0.0112. The maximum atomic E-state index is 12.0. The fraction of sp³-hybridized carbons (Fsp3) is 0.444. The summed E-state index contributed by atoms with van der Waals surface area (Å²) in [6.07, 6.45) is -5.50. The zero-order valence-electron chi connectivity index (χ0n) is 8.98.